The van der Waals surface area contributed by atoms with Crippen LogP contribution in [-0.2, 0) is 14.8 Å². The van der Waals surface area contributed by atoms with E-state index in [1.54, 1.807) is 36.4 Å². The molecule has 0 unspecified atom stereocenters. The quantitative estimate of drug-likeness (QED) is 0.428. The lowest BCUT2D eigenvalue weighted by Gasteiger charge is -2.27. The third kappa shape index (κ3) is 6.48. The van der Waals surface area contributed by atoms with E-state index >= 15 is 0 Å². The first-order valence-electron chi connectivity index (χ1n) is 11.6. The Morgan fingerprint density at radius 1 is 0.853 bits per heavy atom. The molecule has 0 aliphatic rings. The zero-order chi connectivity index (χ0) is 24.9. The summed E-state index contributed by atoms with van der Waals surface area (Å²) in [4.78, 5) is 13.4. The Bertz CT molecular complexity index is 1200. The predicted molar refractivity (Wildman–Crippen MR) is 138 cm³/mol. The van der Waals surface area contributed by atoms with Crippen molar-refractivity contribution in [1.82, 2.24) is 5.32 Å². The van der Waals surface area contributed by atoms with Crippen LogP contribution >= 0.6 is 0 Å². The number of carbonyl (C=O) groups excluding carboxylic acids is 1. The largest absolute Gasteiger partial charge is 0.348 e. The molecule has 0 aliphatic carbocycles. The lowest BCUT2D eigenvalue weighted by Crippen LogP contribution is -2.42. The van der Waals surface area contributed by atoms with Gasteiger partial charge in [0.15, 0.2) is 0 Å². The lowest BCUT2D eigenvalue weighted by atomic mass is 9.97. The molecule has 3 aromatic rings. The first-order valence-corrected chi connectivity index (χ1v) is 13.0. The smallest absolute Gasteiger partial charge is 0.264 e. The van der Waals surface area contributed by atoms with Crippen LogP contribution in [0.25, 0.3) is 0 Å². The highest BCUT2D eigenvalue weighted by atomic mass is 32.2. The van der Waals surface area contributed by atoms with Gasteiger partial charge in [-0.25, -0.2) is 8.42 Å². The molecule has 0 saturated heterocycles. The van der Waals surface area contributed by atoms with Gasteiger partial charge in [-0.1, -0.05) is 67.9 Å². The van der Waals surface area contributed by atoms with Gasteiger partial charge in [0.2, 0.25) is 5.91 Å². The van der Waals surface area contributed by atoms with E-state index < -0.39 is 10.0 Å². The molecule has 3 aromatic carbocycles. The Morgan fingerprint density at radius 3 is 2.00 bits per heavy atom. The highest BCUT2D eigenvalue weighted by molar-refractivity contribution is 7.92. The molecule has 0 heterocycles. The minimum absolute atomic E-state index is 0.159. The third-order valence-corrected chi connectivity index (χ3v) is 7.42. The van der Waals surface area contributed by atoms with Crippen LogP contribution < -0.4 is 9.62 Å². The maximum atomic E-state index is 13.7. The molecular weight excluding hydrogens is 444 g/mol. The zero-order valence-electron chi connectivity index (χ0n) is 20.6. The highest BCUT2D eigenvalue weighted by Gasteiger charge is 2.28. The van der Waals surface area contributed by atoms with E-state index in [9.17, 15) is 13.2 Å². The number of hydrogen-bond acceptors (Lipinski definition) is 3. The van der Waals surface area contributed by atoms with Crippen molar-refractivity contribution >= 4 is 21.6 Å². The van der Waals surface area contributed by atoms with Crippen LogP contribution in [0.3, 0.4) is 0 Å². The summed E-state index contributed by atoms with van der Waals surface area (Å²) in [6, 6.07) is 21.9. The van der Waals surface area contributed by atoms with E-state index in [4.69, 9.17) is 0 Å². The number of anilines is 1. The van der Waals surface area contributed by atoms with Gasteiger partial charge >= 0.3 is 0 Å². The first-order chi connectivity index (χ1) is 16.1. The van der Waals surface area contributed by atoms with Crippen molar-refractivity contribution in [3.63, 3.8) is 0 Å². The van der Waals surface area contributed by atoms with Gasteiger partial charge in [0.05, 0.1) is 16.6 Å². The topological polar surface area (TPSA) is 66.5 Å². The van der Waals surface area contributed by atoms with Crippen molar-refractivity contribution in [3.8, 4) is 0 Å². The van der Waals surface area contributed by atoms with Crippen LogP contribution in [0.1, 0.15) is 48.6 Å². The summed E-state index contributed by atoms with van der Waals surface area (Å²) in [6.45, 7) is 9.64. The van der Waals surface area contributed by atoms with Crippen molar-refractivity contribution in [1.29, 1.82) is 0 Å². The lowest BCUT2D eigenvalue weighted by molar-refractivity contribution is -0.120. The average Bonchev–Trinajstić information content (AvgIpc) is 2.77. The van der Waals surface area contributed by atoms with Gasteiger partial charge in [-0.05, 0) is 74.1 Å². The average molecular weight is 479 g/mol. The standard InChI is InChI=1S/C28H34N2O3S/c1-20(2)15-27(24-9-7-6-8-10-24)29-28(31)19-30(25-17-22(4)16-23(5)18-25)34(32,33)26-13-11-21(3)12-14-26/h6-14,16-18,20,27H,15,19H2,1-5H3,(H,29,31)/t27-/m0/s1. The minimum atomic E-state index is -3.95. The predicted octanol–water partition coefficient (Wildman–Crippen LogP) is 5.71. The van der Waals surface area contributed by atoms with Crippen LogP contribution in [0.2, 0.25) is 0 Å². The molecule has 0 fully saturated rings. The summed E-state index contributed by atoms with van der Waals surface area (Å²) < 4.78 is 28.6. The van der Waals surface area contributed by atoms with Crippen LogP contribution in [0.5, 0.6) is 0 Å². The molecule has 1 atom stereocenters. The Hall–Kier alpha value is -3.12. The molecule has 0 spiro atoms. The van der Waals surface area contributed by atoms with Gasteiger partial charge in [-0.15, -0.1) is 0 Å². The number of aryl methyl sites for hydroxylation is 3. The Labute approximate surface area is 203 Å². The molecule has 0 aromatic heterocycles. The number of amides is 1. The van der Waals surface area contributed by atoms with Crippen molar-refractivity contribution < 1.29 is 13.2 Å². The Kier molecular flexibility index (Phi) is 8.15. The number of carbonyl (C=O) groups is 1. The van der Waals surface area contributed by atoms with E-state index in [-0.39, 0.29) is 23.4 Å². The monoisotopic (exact) mass is 478 g/mol. The van der Waals surface area contributed by atoms with Gasteiger partial charge in [0.25, 0.3) is 10.0 Å². The maximum Gasteiger partial charge on any atom is 0.264 e. The fourth-order valence-electron chi connectivity index (χ4n) is 4.05. The number of nitrogens with one attached hydrogen (secondary N) is 1. The Morgan fingerprint density at radius 2 is 1.44 bits per heavy atom. The molecule has 5 nitrogen and oxygen atoms in total. The Balaban J connectivity index is 1.96. The zero-order valence-corrected chi connectivity index (χ0v) is 21.4. The molecular formula is C28H34N2O3S. The van der Waals surface area contributed by atoms with Gasteiger partial charge < -0.3 is 5.32 Å². The summed E-state index contributed by atoms with van der Waals surface area (Å²) in [5.74, 6) is 0.0154. The molecule has 0 saturated carbocycles. The van der Waals surface area contributed by atoms with E-state index in [2.05, 4.69) is 19.2 Å². The van der Waals surface area contributed by atoms with E-state index in [1.165, 1.54) is 4.31 Å². The van der Waals surface area contributed by atoms with Gasteiger partial charge in [-0.2, -0.15) is 0 Å². The minimum Gasteiger partial charge on any atom is -0.348 e. The summed E-state index contributed by atoms with van der Waals surface area (Å²) in [6.07, 6.45) is 0.754. The SMILES string of the molecule is Cc1ccc(S(=O)(=O)N(CC(=O)N[C@@H](CC(C)C)c2ccccc2)c2cc(C)cc(C)c2)cc1. The second-order valence-electron chi connectivity index (χ2n) is 9.33. The molecule has 1 amide bonds. The van der Waals surface area contributed by atoms with Crippen LogP contribution in [-0.4, -0.2) is 20.9 Å². The first kappa shape index (κ1) is 25.5. The van der Waals surface area contributed by atoms with E-state index in [0.717, 1.165) is 28.7 Å². The van der Waals surface area contributed by atoms with Gasteiger partial charge in [-0.3, -0.25) is 9.10 Å². The summed E-state index contributed by atoms with van der Waals surface area (Å²) in [5, 5.41) is 3.08. The second kappa shape index (κ2) is 10.9. The molecule has 34 heavy (non-hydrogen) atoms. The van der Waals surface area contributed by atoms with Crippen molar-refractivity contribution in [2.24, 2.45) is 5.92 Å². The number of benzene rings is 3. The van der Waals surface area contributed by atoms with Crippen LogP contribution in [0.4, 0.5) is 5.69 Å². The summed E-state index contributed by atoms with van der Waals surface area (Å²) in [7, 11) is -3.95. The van der Waals surface area contributed by atoms with E-state index in [0.29, 0.717) is 11.6 Å². The molecule has 0 radical (unpaired) electrons. The van der Waals surface area contributed by atoms with Crippen molar-refractivity contribution in [2.45, 2.75) is 52.0 Å². The fourth-order valence-corrected chi connectivity index (χ4v) is 5.46. The fraction of sp³-hybridized carbons (Fsp3) is 0.321. The number of hydrogen-bond donors (Lipinski definition) is 1. The summed E-state index contributed by atoms with van der Waals surface area (Å²) >= 11 is 0. The van der Waals surface area contributed by atoms with Gasteiger partial charge in [0, 0.05) is 0 Å². The number of sulfonamides is 1. The van der Waals surface area contributed by atoms with Crippen molar-refractivity contribution in [3.05, 3.63) is 95.1 Å². The highest BCUT2D eigenvalue weighted by Crippen LogP contribution is 2.27. The van der Waals surface area contributed by atoms with Crippen molar-refractivity contribution in [2.75, 3.05) is 10.8 Å². The normalized spacial score (nSPS) is 12.4. The maximum absolute atomic E-state index is 13.7. The summed E-state index contributed by atoms with van der Waals surface area (Å²) in [5.41, 5.74) is 4.31. The number of nitrogens with zero attached hydrogens (tertiary/aromatic N) is 1. The number of rotatable bonds is 9. The van der Waals surface area contributed by atoms with Crippen LogP contribution in [0, 0.1) is 26.7 Å². The molecule has 0 aliphatic heterocycles. The molecule has 0 bridgehead atoms. The molecule has 6 heteroatoms. The molecule has 3 rings (SSSR count). The molecule has 1 N–H and O–H groups in total. The van der Waals surface area contributed by atoms with E-state index in [1.807, 2.05) is 57.2 Å². The van der Waals surface area contributed by atoms with Gasteiger partial charge in [0.1, 0.15) is 6.54 Å². The molecule has 180 valence electrons. The van der Waals surface area contributed by atoms with Crippen LogP contribution in [0.15, 0.2) is 77.7 Å². The second-order valence-corrected chi connectivity index (χ2v) is 11.2. The third-order valence-electron chi connectivity index (χ3n) is 5.63.